The van der Waals surface area contributed by atoms with Crippen molar-refractivity contribution in [2.75, 3.05) is 17.2 Å². The molecule has 1 N–H and O–H groups in total. The molecule has 0 aliphatic heterocycles. The topological polar surface area (TPSA) is 132 Å². The number of benzene rings is 2. The van der Waals surface area contributed by atoms with Gasteiger partial charge in [0.15, 0.2) is 10.8 Å². The Morgan fingerprint density at radius 3 is 2.50 bits per heavy atom. The Morgan fingerprint density at radius 1 is 1.10 bits per heavy atom. The Bertz CT molecular complexity index is 1650. The summed E-state index contributed by atoms with van der Waals surface area (Å²) < 4.78 is 40.3. The first-order valence-corrected chi connectivity index (χ1v) is 14.4. The van der Waals surface area contributed by atoms with Crippen LogP contribution in [0.1, 0.15) is 36.2 Å². The molecular weight excluding hydrogens is 575 g/mol. The van der Waals surface area contributed by atoms with Crippen LogP contribution in [0.2, 0.25) is 5.02 Å². The molecule has 0 spiro atoms. The predicted octanol–water partition coefficient (Wildman–Crippen LogP) is 5.06. The van der Waals surface area contributed by atoms with E-state index in [1.807, 2.05) is 38.1 Å². The van der Waals surface area contributed by atoms with Gasteiger partial charge in [0.25, 0.3) is 10.0 Å². The molecule has 0 atom stereocenters. The van der Waals surface area contributed by atoms with Gasteiger partial charge in [-0.1, -0.05) is 37.6 Å². The van der Waals surface area contributed by atoms with E-state index in [9.17, 15) is 13.7 Å². The van der Waals surface area contributed by atoms with Crippen molar-refractivity contribution in [3.63, 3.8) is 0 Å². The van der Waals surface area contributed by atoms with Crippen LogP contribution in [0.25, 0.3) is 0 Å². The van der Waals surface area contributed by atoms with Gasteiger partial charge >= 0.3 is 0 Å². The van der Waals surface area contributed by atoms with Crippen molar-refractivity contribution >= 4 is 39.2 Å². The summed E-state index contributed by atoms with van der Waals surface area (Å²) in [4.78, 5) is 12.1. The normalized spacial score (nSPS) is 11.6. The first-order valence-electron chi connectivity index (χ1n) is 12.0. The maximum Gasteiger partial charge on any atom is 0.283 e. The highest BCUT2D eigenvalue weighted by molar-refractivity contribution is 7.92. The van der Waals surface area contributed by atoms with Crippen LogP contribution in [-0.4, -0.2) is 40.4 Å². The third-order valence-corrected chi connectivity index (χ3v) is 7.72. The Labute approximate surface area is 242 Å². The number of anilines is 1. The van der Waals surface area contributed by atoms with Crippen molar-refractivity contribution in [1.82, 2.24) is 19.5 Å². The maximum atomic E-state index is 12.5. The van der Waals surface area contributed by atoms with Gasteiger partial charge in [-0.05, 0) is 41.5 Å². The number of sulfonamides is 1. The summed E-state index contributed by atoms with van der Waals surface area (Å²) in [6.07, 6.45) is 4.21. The van der Waals surface area contributed by atoms with Crippen LogP contribution >= 0.6 is 23.2 Å². The number of ether oxygens (including phenoxy) is 2. The number of alkyl halides is 1. The summed E-state index contributed by atoms with van der Waals surface area (Å²) in [6.45, 7) is 4.40. The van der Waals surface area contributed by atoms with Gasteiger partial charge in [-0.25, -0.2) is 19.7 Å². The molecule has 0 unspecified atom stereocenters. The third-order valence-electron chi connectivity index (χ3n) is 6.07. The Balaban J connectivity index is 1.45. The standard InChI is InChI=1S/C27H26Cl2N6O4S/c1-27(2,20-12-18(14-30)25(23(29)13-20)38-11-9-28)19-4-6-22(7-5-19)39-16-21-8-10-31-26(33-21)34-40(36,37)24-15-35(3)17-32-24/h4-8,10,12-13,15,17H,9,11,16H2,1-3H3,(H,31,33,34). The van der Waals surface area contributed by atoms with Crippen LogP contribution in [-0.2, 0) is 29.1 Å². The van der Waals surface area contributed by atoms with Gasteiger partial charge in [-0.2, -0.15) is 13.7 Å². The largest absolute Gasteiger partial charge is 0.489 e. The number of aromatic nitrogens is 4. The summed E-state index contributed by atoms with van der Waals surface area (Å²) >= 11 is 12.2. The molecule has 208 valence electrons. The molecule has 0 aliphatic carbocycles. The lowest BCUT2D eigenvalue weighted by atomic mass is 9.77. The average molecular weight is 602 g/mol. The lowest BCUT2D eigenvalue weighted by molar-refractivity contribution is 0.301. The lowest BCUT2D eigenvalue weighted by Crippen LogP contribution is -2.19. The number of hydrogen-bond acceptors (Lipinski definition) is 8. The fraction of sp³-hybridized carbons (Fsp3) is 0.259. The van der Waals surface area contributed by atoms with Gasteiger partial charge in [0.1, 0.15) is 25.0 Å². The van der Waals surface area contributed by atoms with Crippen molar-refractivity contribution in [3.8, 4) is 17.6 Å². The zero-order valence-corrected chi connectivity index (χ0v) is 24.3. The Hall–Kier alpha value is -3.85. The highest BCUT2D eigenvalue weighted by Crippen LogP contribution is 2.38. The monoisotopic (exact) mass is 600 g/mol. The summed E-state index contributed by atoms with van der Waals surface area (Å²) in [5, 5.41) is 9.85. The van der Waals surface area contributed by atoms with Gasteiger partial charge in [0.05, 0.1) is 28.5 Å². The molecule has 40 heavy (non-hydrogen) atoms. The molecule has 0 aliphatic rings. The molecule has 0 fully saturated rings. The summed E-state index contributed by atoms with van der Waals surface area (Å²) in [6, 6.07) is 14.9. The molecule has 4 aromatic rings. The van der Waals surface area contributed by atoms with Crippen LogP contribution in [0.4, 0.5) is 5.95 Å². The second kappa shape index (κ2) is 12.1. The summed E-state index contributed by atoms with van der Waals surface area (Å²) in [5.74, 6) is 1.12. The zero-order chi connectivity index (χ0) is 28.9. The molecule has 2 aromatic carbocycles. The van der Waals surface area contributed by atoms with E-state index in [-0.39, 0.29) is 30.1 Å². The van der Waals surface area contributed by atoms with Crippen molar-refractivity contribution in [2.45, 2.75) is 30.9 Å². The fourth-order valence-corrected chi connectivity index (χ4v) is 5.13. The van der Waals surface area contributed by atoms with E-state index in [1.165, 1.54) is 23.3 Å². The fourth-order valence-electron chi connectivity index (χ4n) is 3.84. The van der Waals surface area contributed by atoms with E-state index < -0.39 is 15.4 Å². The number of hydrogen-bond donors (Lipinski definition) is 1. The van der Waals surface area contributed by atoms with Gasteiger partial charge in [-0.15, -0.1) is 11.6 Å². The van der Waals surface area contributed by atoms with Crippen LogP contribution in [0.3, 0.4) is 0 Å². The van der Waals surface area contributed by atoms with Crippen LogP contribution < -0.4 is 14.2 Å². The number of halogens is 2. The van der Waals surface area contributed by atoms with Crippen molar-refractivity contribution < 1.29 is 17.9 Å². The second-order valence-electron chi connectivity index (χ2n) is 9.28. The molecule has 13 heteroatoms. The number of rotatable bonds is 11. The molecular formula is C27H26Cl2N6O4S. The molecule has 4 rings (SSSR count). The number of nitriles is 1. The maximum absolute atomic E-state index is 12.5. The van der Waals surface area contributed by atoms with Crippen LogP contribution in [0.5, 0.6) is 11.5 Å². The van der Waals surface area contributed by atoms with E-state index in [4.69, 9.17) is 32.7 Å². The number of aryl methyl sites for hydroxylation is 1. The van der Waals surface area contributed by atoms with Gasteiger partial charge in [0.2, 0.25) is 5.95 Å². The SMILES string of the molecule is Cn1cnc(S(=O)(=O)Nc2nccc(COc3ccc(C(C)(C)c4cc(Cl)c(OCCCl)c(C#N)c4)cc3)n2)c1. The first-order chi connectivity index (χ1) is 19.0. The lowest BCUT2D eigenvalue weighted by Gasteiger charge is -2.27. The summed E-state index contributed by atoms with van der Waals surface area (Å²) in [5.41, 5.74) is 2.16. The molecule has 0 radical (unpaired) electrons. The van der Waals surface area contributed by atoms with Crippen LogP contribution in [0, 0.1) is 11.3 Å². The molecule has 2 heterocycles. The predicted molar refractivity (Wildman–Crippen MR) is 151 cm³/mol. The van der Waals surface area contributed by atoms with Crippen LogP contribution in [0.15, 0.2) is 66.2 Å². The summed E-state index contributed by atoms with van der Waals surface area (Å²) in [7, 11) is -2.25. The van der Waals surface area contributed by atoms with E-state index in [0.717, 1.165) is 11.1 Å². The number of imidazole rings is 1. The van der Waals surface area contributed by atoms with E-state index in [1.54, 1.807) is 25.2 Å². The third kappa shape index (κ3) is 6.65. The minimum atomic E-state index is -3.92. The number of nitrogens with zero attached hydrogens (tertiary/aromatic N) is 5. The first kappa shape index (κ1) is 29.1. The molecule has 0 amide bonds. The van der Waals surface area contributed by atoms with Crippen molar-refractivity contribution in [2.24, 2.45) is 7.05 Å². The molecule has 0 saturated heterocycles. The van der Waals surface area contributed by atoms with E-state index in [0.29, 0.717) is 27.8 Å². The molecule has 2 aromatic heterocycles. The van der Waals surface area contributed by atoms with Crippen molar-refractivity contribution in [3.05, 3.63) is 88.6 Å². The van der Waals surface area contributed by atoms with Gasteiger partial charge in [-0.3, -0.25) is 0 Å². The highest BCUT2D eigenvalue weighted by Gasteiger charge is 2.26. The van der Waals surface area contributed by atoms with E-state index in [2.05, 4.69) is 25.7 Å². The smallest absolute Gasteiger partial charge is 0.283 e. The Kier molecular flexibility index (Phi) is 8.83. The van der Waals surface area contributed by atoms with E-state index >= 15 is 0 Å². The molecule has 0 bridgehead atoms. The quantitative estimate of drug-likeness (QED) is 0.236. The zero-order valence-electron chi connectivity index (χ0n) is 21.9. The highest BCUT2D eigenvalue weighted by atomic mass is 35.5. The van der Waals surface area contributed by atoms with Crippen molar-refractivity contribution in [1.29, 1.82) is 5.26 Å². The minimum absolute atomic E-state index is 0.0849. The Morgan fingerprint density at radius 2 is 1.85 bits per heavy atom. The number of nitrogens with one attached hydrogen (secondary N) is 1. The average Bonchev–Trinajstić information content (AvgIpc) is 3.38. The molecule has 0 saturated carbocycles. The minimum Gasteiger partial charge on any atom is -0.489 e. The second-order valence-corrected chi connectivity index (χ2v) is 11.7. The molecule has 10 nitrogen and oxygen atoms in total. The van der Waals surface area contributed by atoms with Gasteiger partial charge in [0, 0.05) is 24.9 Å². The van der Waals surface area contributed by atoms with Gasteiger partial charge < -0.3 is 14.0 Å².